The summed E-state index contributed by atoms with van der Waals surface area (Å²) >= 11 is 0. The van der Waals surface area contributed by atoms with Crippen molar-refractivity contribution in [3.05, 3.63) is 0 Å². The molecule has 2 aliphatic heterocycles. The van der Waals surface area contributed by atoms with Crippen molar-refractivity contribution < 1.29 is 19.3 Å². The predicted octanol–water partition coefficient (Wildman–Crippen LogP) is -0.883. The van der Waals surface area contributed by atoms with E-state index in [-0.39, 0.29) is 31.2 Å². The standard InChI is InChI=1S/C6H10O4/c1-8-6-5-4(10-5)3(2-7)9-6/h3-7H,2H2,1H3/t3-,4?,5-,6+/m1/s1. The van der Waals surface area contributed by atoms with Gasteiger partial charge in [0.15, 0.2) is 6.29 Å². The van der Waals surface area contributed by atoms with E-state index in [1.807, 2.05) is 0 Å². The number of aliphatic hydroxyl groups is 1. The highest BCUT2D eigenvalue weighted by Gasteiger charge is 2.58. The first-order chi connectivity index (χ1) is 4.86. The lowest BCUT2D eigenvalue weighted by molar-refractivity contribution is -0.166. The summed E-state index contributed by atoms with van der Waals surface area (Å²) in [5.74, 6) is 0. The van der Waals surface area contributed by atoms with Gasteiger partial charge in [0.1, 0.15) is 18.3 Å². The second kappa shape index (κ2) is 2.17. The van der Waals surface area contributed by atoms with Crippen LogP contribution in [0.2, 0.25) is 0 Å². The Morgan fingerprint density at radius 1 is 1.40 bits per heavy atom. The summed E-state index contributed by atoms with van der Waals surface area (Å²) in [4.78, 5) is 0. The van der Waals surface area contributed by atoms with Gasteiger partial charge in [0.2, 0.25) is 0 Å². The Morgan fingerprint density at radius 2 is 2.20 bits per heavy atom. The second-order valence-corrected chi connectivity index (χ2v) is 2.53. The van der Waals surface area contributed by atoms with Crippen molar-refractivity contribution in [1.82, 2.24) is 0 Å². The quantitative estimate of drug-likeness (QED) is 0.514. The molecule has 58 valence electrons. The fraction of sp³-hybridized carbons (Fsp3) is 1.00. The van der Waals surface area contributed by atoms with Crippen LogP contribution < -0.4 is 0 Å². The van der Waals surface area contributed by atoms with Crippen LogP contribution in [-0.2, 0) is 14.2 Å². The first-order valence-electron chi connectivity index (χ1n) is 3.31. The Labute approximate surface area is 58.7 Å². The average Bonchev–Trinajstić information content (AvgIpc) is 2.67. The third-order valence-electron chi connectivity index (χ3n) is 1.92. The SMILES string of the molecule is CO[C@H]1O[C@H](CO)C2O[C@H]21. The summed E-state index contributed by atoms with van der Waals surface area (Å²) in [6, 6.07) is 0. The van der Waals surface area contributed by atoms with E-state index >= 15 is 0 Å². The van der Waals surface area contributed by atoms with E-state index in [9.17, 15) is 0 Å². The molecule has 0 spiro atoms. The van der Waals surface area contributed by atoms with Gasteiger partial charge in [-0.15, -0.1) is 0 Å². The molecule has 1 unspecified atom stereocenters. The third-order valence-corrected chi connectivity index (χ3v) is 1.92. The summed E-state index contributed by atoms with van der Waals surface area (Å²) < 4.78 is 15.3. The molecule has 4 heteroatoms. The molecule has 0 amide bonds. The Morgan fingerprint density at radius 3 is 2.60 bits per heavy atom. The van der Waals surface area contributed by atoms with Gasteiger partial charge in [-0.25, -0.2) is 0 Å². The highest BCUT2D eigenvalue weighted by Crippen LogP contribution is 2.38. The maximum absolute atomic E-state index is 8.72. The molecular formula is C6H10O4. The molecule has 0 aromatic heterocycles. The third kappa shape index (κ3) is 0.769. The van der Waals surface area contributed by atoms with E-state index in [1.165, 1.54) is 0 Å². The molecule has 2 rings (SSSR count). The topological polar surface area (TPSA) is 51.2 Å². The zero-order chi connectivity index (χ0) is 7.14. The molecule has 0 radical (unpaired) electrons. The second-order valence-electron chi connectivity index (χ2n) is 2.53. The van der Waals surface area contributed by atoms with Crippen LogP contribution >= 0.6 is 0 Å². The van der Waals surface area contributed by atoms with Gasteiger partial charge in [0.25, 0.3) is 0 Å². The van der Waals surface area contributed by atoms with Gasteiger partial charge in [-0.1, -0.05) is 0 Å². The lowest BCUT2D eigenvalue weighted by Crippen LogP contribution is -2.23. The predicted molar refractivity (Wildman–Crippen MR) is 31.4 cm³/mol. The molecule has 4 nitrogen and oxygen atoms in total. The van der Waals surface area contributed by atoms with E-state index in [2.05, 4.69) is 0 Å². The van der Waals surface area contributed by atoms with E-state index in [1.54, 1.807) is 7.11 Å². The maximum Gasteiger partial charge on any atom is 0.186 e. The zero-order valence-corrected chi connectivity index (χ0v) is 5.69. The van der Waals surface area contributed by atoms with Crippen LogP contribution in [0.1, 0.15) is 0 Å². The van der Waals surface area contributed by atoms with E-state index < -0.39 is 0 Å². The van der Waals surface area contributed by atoms with Crippen molar-refractivity contribution in [2.75, 3.05) is 13.7 Å². The van der Waals surface area contributed by atoms with E-state index in [4.69, 9.17) is 19.3 Å². The minimum atomic E-state index is -0.262. The summed E-state index contributed by atoms with van der Waals surface area (Å²) in [5, 5.41) is 8.72. The first-order valence-corrected chi connectivity index (χ1v) is 3.31. The lowest BCUT2D eigenvalue weighted by Gasteiger charge is -2.13. The number of fused-ring (bicyclic) bond motifs is 1. The molecule has 0 bridgehead atoms. The van der Waals surface area contributed by atoms with Gasteiger partial charge >= 0.3 is 0 Å². The van der Waals surface area contributed by atoms with Crippen molar-refractivity contribution in [3.8, 4) is 0 Å². The molecule has 0 aromatic rings. The van der Waals surface area contributed by atoms with Crippen LogP contribution in [-0.4, -0.2) is 43.4 Å². The lowest BCUT2D eigenvalue weighted by atomic mass is 10.2. The highest BCUT2D eigenvalue weighted by atomic mass is 16.8. The Balaban J connectivity index is 1.95. The molecular weight excluding hydrogens is 136 g/mol. The van der Waals surface area contributed by atoms with Crippen LogP contribution in [0.3, 0.4) is 0 Å². The Kier molecular flexibility index (Phi) is 1.42. The highest BCUT2D eigenvalue weighted by molar-refractivity contribution is 4.99. The van der Waals surface area contributed by atoms with Crippen molar-refractivity contribution in [2.45, 2.75) is 24.6 Å². The summed E-state index contributed by atoms with van der Waals surface area (Å²) in [5.41, 5.74) is 0. The normalized spacial score (nSPS) is 51.0. The largest absolute Gasteiger partial charge is 0.394 e. The summed E-state index contributed by atoms with van der Waals surface area (Å²) in [7, 11) is 1.57. The Hall–Kier alpha value is -0.160. The number of epoxide rings is 1. The molecule has 2 fully saturated rings. The monoisotopic (exact) mass is 146 g/mol. The van der Waals surface area contributed by atoms with Crippen molar-refractivity contribution in [1.29, 1.82) is 0 Å². The average molecular weight is 146 g/mol. The molecule has 4 atom stereocenters. The minimum absolute atomic E-state index is 0.0149. The molecule has 2 aliphatic rings. The van der Waals surface area contributed by atoms with Crippen LogP contribution in [0, 0.1) is 0 Å². The molecule has 2 heterocycles. The number of rotatable bonds is 2. The van der Waals surface area contributed by atoms with Crippen LogP contribution in [0.25, 0.3) is 0 Å². The summed E-state index contributed by atoms with van der Waals surface area (Å²) in [6.45, 7) is 0.0149. The molecule has 0 aliphatic carbocycles. The van der Waals surface area contributed by atoms with Gasteiger partial charge in [0, 0.05) is 7.11 Å². The smallest absolute Gasteiger partial charge is 0.186 e. The van der Waals surface area contributed by atoms with Gasteiger partial charge in [0.05, 0.1) is 6.61 Å². The molecule has 1 N–H and O–H groups in total. The molecule has 10 heavy (non-hydrogen) atoms. The van der Waals surface area contributed by atoms with Gasteiger partial charge < -0.3 is 19.3 Å². The van der Waals surface area contributed by atoms with Crippen molar-refractivity contribution >= 4 is 0 Å². The molecule has 2 saturated heterocycles. The van der Waals surface area contributed by atoms with E-state index in [0.717, 1.165) is 0 Å². The van der Waals surface area contributed by atoms with Crippen LogP contribution in [0.15, 0.2) is 0 Å². The number of ether oxygens (including phenoxy) is 3. The maximum atomic E-state index is 8.72. The molecule has 0 aromatic carbocycles. The minimum Gasteiger partial charge on any atom is -0.394 e. The first kappa shape index (κ1) is 6.54. The fourth-order valence-corrected chi connectivity index (χ4v) is 1.32. The number of hydrogen-bond donors (Lipinski definition) is 1. The Bertz CT molecular complexity index is 124. The van der Waals surface area contributed by atoms with Gasteiger partial charge in [-0.05, 0) is 0 Å². The summed E-state index contributed by atoms with van der Waals surface area (Å²) in [6.07, 6.45) is -0.283. The zero-order valence-electron chi connectivity index (χ0n) is 5.69. The van der Waals surface area contributed by atoms with Crippen molar-refractivity contribution in [3.63, 3.8) is 0 Å². The number of hydrogen-bond acceptors (Lipinski definition) is 4. The van der Waals surface area contributed by atoms with Crippen molar-refractivity contribution in [2.24, 2.45) is 0 Å². The van der Waals surface area contributed by atoms with Crippen LogP contribution in [0.5, 0.6) is 0 Å². The van der Waals surface area contributed by atoms with Gasteiger partial charge in [-0.2, -0.15) is 0 Å². The number of aliphatic hydroxyl groups excluding tert-OH is 1. The number of methoxy groups -OCH3 is 1. The molecule has 0 saturated carbocycles. The van der Waals surface area contributed by atoms with Gasteiger partial charge in [-0.3, -0.25) is 0 Å². The van der Waals surface area contributed by atoms with Crippen LogP contribution in [0.4, 0.5) is 0 Å². The fourth-order valence-electron chi connectivity index (χ4n) is 1.32. The van der Waals surface area contributed by atoms with E-state index in [0.29, 0.717) is 0 Å².